The minimum Gasteiger partial charge on any atom is -0.337 e. The first-order valence-corrected chi connectivity index (χ1v) is 9.31. The molecule has 6 nitrogen and oxygen atoms in total. The van der Waals surface area contributed by atoms with Gasteiger partial charge in [0.15, 0.2) is 0 Å². The minimum atomic E-state index is -3.38. The van der Waals surface area contributed by atoms with Gasteiger partial charge in [0.2, 0.25) is 10.0 Å². The maximum Gasteiger partial charge on any atom is 0.240 e. The number of fused-ring (bicyclic) bond motifs is 1. The standard InChI is InChI=1S/C16H22N4O2S/c1-17-23(21,22)16-5-2-4-14-12-19(10-6-15(14)16)8-3-9-20-11-7-18-13-20/h2,4-5,7,11,13,17H,3,6,8-10,12H2,1H3. The van der Waals surface area contributed by atoms with E-state index >= 15 is 0 Å². The third kappa shape index (κ3) is 3.63. The van der Waals surface area contributed by atoms with Gasteiger partial charge in [0.25, 0.3) is 0 Å². The summed E-state index contributed by atoms with van der Waals surface area (Å²) in [5.74, 6) is 0. The molecule has 1 aromatic heterocycles. The predicted octanol–water partition coefficient (Wildman–Crippen LogP) is 1.24. The van der Waals surface area contributed by atoms with Crippen molar-refractivity contribution >= 4 is 10.0 Å². The smallest absolute Gasteiger partial charge is 0.240 e. The average Bonchev–Trinajstić information content (AvgIpc) is 3.07. The summed E-state index contributed by atoms with van der Waals surface area (Å²) in [5, 5.41) is 0. The Labute approximate surface area is 137 Å². The molecular formula is C16H22N4O2S. The van der Waals surface area contributed by atoms with Crippen molar-refractivity contribution in [3.63, 3.8) is 0 Å². The van der Waals surface area contributed by atoms with Crippen LogP contribution in [0.5, 0.6) is 0 Å². The number of nitrogens with one attached hydrogen (secondary N) is 1. The van der Waals surface area contributed by atoms with Gasteiger partial charge in [-0.15, -0.1) is 0 Å². The molecule has 23 heavy (non-hydrogen) atoms. The van der Waals surface area contributed by atoms with E-state index in [-0.39, 0.29) is 0 Å². The Kier molecular flexibility index (Phi) is 4.79. The van der Waals surface area contributed by atoms with Gasteiger partial charge in [0.1, 0.15) is 0 Å². The summed E-state index contributed by atoms with van der Waals surface area (Å²) in [5.41, 5.74) is 2.09. The fourth-order valence-corrected chi connectivity index (χ4v) is 4.12. The van der Waals surface area contributed by atoms with Crippen LogP contribution < -0.4 is 4.72 Å². The number of aromatic nitrogens is 2. The molecule has 0 unspecified atom stereocenters. The predicted molar refractivity (Wildman–Crippen MR) is 88.5 cm³/mol. The molecule has 2 aromatic rings. The molecule has 124 valence electrons. The molecule has 2 heterocycles. The van der Waals surface area contributed by atoms with Crippen molar-refractivity contribution in [1.29, 1.82) is 0 Å². The van der Waals surface area contributed by atoms with E-state index in [0.29, 0.717) is 4.90 Å². The first kappa shape index (κ1) is 16.2. The van der Waals surface area contributed by atoms with Crippen molar-refractivity contribution in [3.8, 4) is 0 Å². The molecule has 0 saturated heterocycles. The van der Waals surface area contributed by atoms with E-state index in [4.69, 9.17) is 0 Å². The van der Waals surface area contributed by atoms with E-state index in [1.165, 1.54) is 7.05 Å². The maximum atomic E-state index is 12.1. The normalized spacial score (nSPS) is 15.5. The molecule has 0 amide bonds. The van der Waals surface area contributed by atoms with Crippen LogP contribution in [0.1, 0.15) is 17.5 Å². The first-order valence-electron chi connectivity index (χ1n) is 7.82. The summed E-state index contributed by atoms with van der Waals surface area (Å²) >= 11 is 0. The third-order valence-electron chi connectivity index (χ3n) is 4.31. The molecule has 0 aliphatic carbocycles. The van der Waals surface area contributed by atoms with Crippen LogP contribution in [0.25, 0.3) is 0 Å². The number of hydrogen-bond donors (Lipinski definition) is 1. The number of sulfonamides is 1. The monoisotopic (exact) mass is 334 g/mol. The highest BCUT2D eigenvalue weighted by atomic mass is 32.2. The highest BCUT2D eigenvalue weighted by Gasteiger charge is 2.23. The molecule has 0 saturated carbocycles. The van der Waals surface area contributed by atoms with Crippen molar-refractivity contribution in [2.75, 3.05) is 20.1 Å². The maximum absolute atomic E-state index is 12.1. The lowest BCUT2D eigenvalue weighted by Crippen LogP contribution is -2.33. The molecule has 1 aliphatic rings. The van der Waals surface area contributed by atoms with Crippen LogP contribution >= 0.6 is 0 Å². The SMILES string of the molecule is CNS(=O)(=O)c1cccc2c1CCN(CCCn1ccnc1)C2. The fourth-order valence-electron chi connectivity index (χ4n) is 3.08. The molecular weight excluding hydrogens is 312 g/mol. The van der Waals surface area contributed by atoms with Gasteiger partial charge >= 0.3 is 0 Å². The van der Waals surface area contributed by atoms with Gasteiger partial charge in [-0.3, -0.25) is 4.90 Å². The topological polar surface area (TPSA) is 67.2 Å². The number of imidazole rings is 1. The zero-order valence-electron chi connectivity index (χ0n) is 13.3. The molecule has 1 aliphatic heterocycles. The number of aryl methyl sites for hydroxylation is 1. The van der Waals surface area contributed by atoms with Gasteiger partial charge < -0.3 is 4.57 Å². The van der Waals surface area contributed by atoms with Gasteiger partial charge in [-0.25, -0.2) is 18.1 Å². The summed E-state index contributed by atoms with van der Waals surface area (Å²) in [7, 11) is -1.92. The van der Waals surface area contributed by atoms with Crippen LogP contribution in [-0.4, -0.2) is 43.0 Å². The lowest BCUT2D eigenvalue weighted by atomic mass is 9.99. The van der Waals surface area contributed by atoms with Gasteiger partial charge in [0.05, 0.1) is 11.2 Å². The zero-order valence-corrected chi connectivity index (χ0v) is 14.1. The van der Waals surface area contributed by atoms with Gasteiger partial charge in [0, 0.05) is 38.6 Å². The molecule has 0 atom stereocenters. The highest BCUT2D eigenvalue weighted by molar-refractivity contribution is 7.89. The van der Waals surface area contributed by atoms with Crippen LogP contribution in [0.2, 0.25) is 0 Å². The summed E-state index contributed by atoms with van der Waals surface area (Å²) in [6.45, 7) is 3.66. The fraction of sp³-hybridized carbons (Fsp3) is 0.438. The molecule has 7 heteroatoms. The second-order valence-corrected chi connectivity index (χ2v) is 7.64. The molecule has 0 radical (unpaired) electrons. The Morgan fingerprint density at radius 1 is 1.30 bits per heavy atom. The van der Waals surface area contributed by atoms with Crippen LogP contribution in [-0.2, 0) is 29.5 Å². The number of nitrogens with zero attached hydrogens (tertiary/aromatic N) is 3. The van der Waals surface area contributed by atoms with Crippen molar-refractivity contribution in [2.24, 2.45) is 0 Å². The van der Waals surface area contributed by atoms with Crippen LogP contribution in [0, 0.1) is 0 Å². The lowest BCUT2D eigenvalue weighted by Gasteiger charge is -2.29. The molecule has 0 bridgehead atoms. The Hall–Kier alpha value is -1.70. The van der Waals surface area contributed by atoms with Crippen molar-refractivity contribution in [2.45, 2.75) is 30.8 Å². The average molecular weight is 334 g/mol. The molecule has 0 fully saturated rings. The van der Waals surface area contributed by atoms with E-state index < -0.39 is 10.0 Å². The Morgan fingerprint density at radius 3 is 2.91 bits per heavy atom. The van der Waals surface area contributed by atoms with Gasteiger partial charge in [-0.2, -0.15) is 0 Å². The van der Waals surface area contributed by atoms with Crippen LogP contribution in [0.3, 0.4) is 0 Å². The largest absolute Gasteiger partial charge is 0.337 e. The number of rotatable bonds is 6. The third-order valence-corrected chi connectivity index (χ3v) is 5.81. The minimum absolute atomic E-state index is 0.426. The van der Waals surface area contributed by atoms with Crippen molar-refractivity contribution in [1.82, 2.24) is 19.2 Å². The summed E-state index contributed by atoms with van der Waals surface area (Å²) in [4.78, 5) is 6.86. The molecule has 3 rings (SSSR count). The Balaban J connectivity index is 1.66. The summed E-state index contributed by atoms with van der Waals surface area (Å²) in [6, 6.07) is 5.56. The van der Waals surface area contributed by atoms with E-state index in [2.05, 4.69) is 19.2 Å². The van der Waals surface area contributed by atoms with E-state index in [1.54, 1.807) is 12.3 Å². The summed E-state index contributed by atoms with van der Waals surface area (Å²) in [6.07, 6.45) is 7.43. The summed E-state index contributed by atoms with van der Waals surface area (Å²) < 4.78 is 28.7. The van der Waals surface area contributed by atoms with E-state index in [9.17, 15) is 8.42 Å². The van der Waals surface area contributed by atoms with E-state index in [1.807, 2.05) is 24.7 Å². The Bertz CT molecular complexity index is 756. The molecule has 0 spiro atoms. The molecule has 1 aromatic carbocycles. The van der Waals surface area contributed by atoms with Crippen molar-refractivity contribution < 1.29 is 8.42 Å². The zero-order chi connectivity index (χ0) is 16.3. The second-order valence-electron chi connectivity index (χ2n) is 5.78. The number of hydrogen-bond acceptors (Lipinski definition) is 4. The first-order chi connectivity index (χ1) is 11.1. The second kappa shape index (κ2) is 6.82. The highest BCUT2D eigenvalue weighted by Crippen LogP contribution is 2.25. The van der Waals surface area contributed by atoms with Gasteiger partial charge in [-0.1, -0.05) is 12.1 Å². The van der Waals surface area contributed by atoms with Crippen LogP contribution in [0.4, 0.5) is 0 Å². The Morgan fingerprint density at radius 2 is 2.17 bits per heavy atom. The quantitative estimate of drug-likeness (QED) is 0.863. The lowest BCUT2D eigenvalue weighted by molar-refractivity contribution is 0.245. The number of benzene rings is 1. The molecule has 1 N–H and O–H groups in total. The van der Waals surface area contributed by atoms with Crippen molar-refractivity contribution in [3.05, 3.63) is 48.0 Å². The van der Waals surface area contributed by atoms with E-state index in [0.717, 1.165) is 50.1 Å². The van der Waals surface area contributed by atoms with Gasteiger partial charge in [-0.05, 0) is 37.1 Å². The van der Waals surface area contributed by atoms with Crippen LogP contribution in [0.15, 0.2) is 41.8 Å².